The number of hydrogen-bond donors (Lipinski definition) is 0. The van der Waals surface area contributed by atoms with Crippen molar-refractivity contribution in [1.82, 2.24) is 0 Å². The van der Waals surface area contributed by atoms with E-state index in [0.29, 0.717) is 0 Å². The molecule has 13 heavy (non-hydrogen) atoms. The minimum absolute atomic E-state index is 1.04. The Morgan fingerprint density at radius 2 is 1.69 bits per heavy atom. The lowest BCUT2D eigenvalue weighted by Crippen LogP contribution is -1.71. The lowest BCUT2D eigenvalue weighted by Gasteiger charge is -1.91. The van der Waals surface area contributed by atoms with Crippen LogP contribution in [0.4, 0.5) is 0 Å². The molecule has 0 amide bonds. The van der Waals surface area contributed by atoms with Crippen LogP contribution in [0.1, 0.15) is 32.1 Å². The molecule has 0 heteroatoms. The van der Waals surface area contributed by atoms with E-state index in [2.05, 4.69) is 30.4 Å². The molecule has 0 spiro atoms. The second-order valence-electron chi connectivity index (χ2n) is 3.16. The molecular weight excluding hydrogens is 156 g/mol. The smallest absolute Gasteiger partial charge is 0.0166 e. The molecule has 0 bridgehead atoms. The molecule has 0 saturated carbocycles. The first-order valence-electron chi connectivity index (χ1n) is 5.04. The van der Waals surface area contributed by atoms with Crippen LogP contribution in [0.3, 0.4) is 0 Å². The fraction of sp³-hybridized carbons (Fsp3) is 0.385. The van der Waals surface area contributed by atoms with Gasteiger partial charge in [0.25, 0.3) is 0 Å². The molecule has 0 unspecified atom stereocenters. The average Bonchev–Trinajstić information content (AvgIpc) is 2.18. The second kappa shape index (κ2) is 7.60. The molecule has 1 radical (unpaired) electrons. The summed E-state index contributed by atoms with van der Waals surface area (Å²) in [7, 11) is 0. The first-order valence-corrected chi connectivity index (χ1v) is 5.04. The third kappa shape index (κ3) is 6.15. The van der Waals surface area contributed by atoms with Gasteiger partial charge in [-0.1, -0.05) is 42.5 Å². The van der Waals surface area contributed by atoms with Crippen LogP contribution < -0.4 is 0 Å². The molecule has 0 aliphatic heterocycles. The Labute approximate surface area is 81.4 Å². The summed E-state index contributed by atoms with van der Waals surface area (Å²) in [4.78, 5) is 0. The normalized spacial score (nSPS) is 19.1. The van der Waals surface area contributed by atoms with Gasteiger partial charge in [-0.15, -0.1) is 0 Å². The van der Waals surface area contributed by atoms with E-state index in [4.69, 9.17) is 0 Å². The predicted molar refractivity (Wildman–Crippen MR) is 58.3 cm³/mol. The van der Waals surface area contributed by atoms with E-state index in [9.17, 15) is 0 Å². The summed E-state index contributed by atoms with van der Waals surface area (Å²) < 4.78 is 0. The molecule has 0 heterocycles. The van der Waals surface area contributed by atoms with Gasteiger partial charge in [-0.25, -0.2) is 0 Å². The van der Waals surface area contributed by atoms with E-state index >= 15 is 0 Å². The summed E-state index contributed by atoms with van der Waals surface area (Å²) in [5, 5.41) is 0. The van der Waals surface area contributed by atoms with Crippen molar-refractivity contribution >= 4 is 0 Å². The fourth-order valence-electron chi connectivity index (χ4n) is 1.23. The molecule has 0 saturated heterocycles. The molecule has 69 valence electrons. The Morgan fingerprint density at radius 1 is 0.846 bits per heavy atom. The summed E-state index contributed by atoms with van der Waals surface area (Å²) in [6.07, 6.45) is 24.0. The van der Waals surface area contributed by atoms with Crippen LogP contribution in [0.2, 0.25) is 0 Å². The molecule has 0 aromatic rings. The van der Waals surface area contributed by atoms with Crippen molar-refractivity contribution in [3.8, 4) is 0 Å². The standard InChI is InChI=1S/C13H17/c1-2-4-6-8-10-12-13-11-9-7-5-3-1/h1-3,6-9H,4,10-13H2. The molecular formula is C13H17. The molecule has 0 atom stereocenters. The van der Waals surface area contributed by atoms with Crippen molar-refractivity contribution in [2.75, 3.05) is 0 Å². The molecule has 0 aromatic heterocycles. The highest BCUT2D eigenvalue weighted by atomic mass is 13.9. The number of hydrogen-bond acceptors (Lipinski definition) is 0. The molecule has 0 N–H and O–H groups in total. The van der Waals surface area contributed by atoms with Gasteiger partial charge >= 0.3 is 0 Å². The maximum atomic E-state index is 3.11. The van der Waals surface area contributed by atoms with E-state index in [1.807, 2.05) is 18.2 Å². The van der Waals surface area contributed by atoms with E-state index in [0.717, 1.165) is 6.42 Å². The molecule has 1 aliphatic rings. The largest absolute Gasteiger partial charge is 0.0882 e. The van der Waals surface area contributed by atoms with Gasteiger partial charge < -0.3 is 0 Å². The Kier molecular flexibility index (Phi) is 5.87. The van der Waals surface area contributed by atoms with Crippen LogP contribution in [-0.4, -0.2) is 0 Å². The van der Waals surface area contributed by atoms with Crippen molar-refractivity contribution in [3.63, 3.8) is 0 Å². The van der Waals surface area contributed by atoms with E-state index in [1.54, 1.807) is 0 Å². The van der Waals surface area contributed by atoms with Crippen LogP contribution in [0.15, 0.2) is 42.5 Å². The Hall–Kier alpha value is -1.04. The average molecular weight is 173 g/mol. The second-order valence-corrected chi connectivity index (χ2v) is 3.16. The van der Waals surface area contributed by atoms with E-state index < -0.39 is 0 Å². The monoisotopic (exact) mass is 173 g/mol. The zero-order chi connectivity index (χ0) is 9.19. The third-order valence-electron chi connectivity index (χ3n) is 1.97. The maximum absolute atomic E-state index is 3.11. The van der Waals surface area contributed by atoms with Gasteiger partial charge in [0.15, 0.2) is 0 Å². The topological polar surface area (TPSA) is 0 Å². The predicted octanol–water partition coefficient (Wildman–Crippen LogP) is 3.98. The minimum Gasteiger partial charge on any atom is -0.0882 e. The quantitative estimate of drug-likeness (QED) is 0.486. The van der Waals surface area contributed by atoms with Gasteiger partial charge in [-0.05, 0) is 38.2 Å². The molecule has 1 aliphatic carbocycles. The Balaban J connectivity index is 2.38. The zero-order valence-electron chi connectivity index (χ0n) is 8.08. The van der Waals surface area contributed by atoms with Gasteiger partial charge in [0.1, 0.15) is 0 Å². The summed E-state index contributed by atoms with van der Waals surface area (Å²) in [5.41, 5.74) is 0. The first kappa shape index (κ1) is 10.0. The first-order chi connectivity index (χ1) is 6.50. The van der Waals surface area contributed by atoms with Crippen molar-refractivity contribution in [1.29, 1.82) is 0 Å². The van der Waals surface area contributed by atoms with Gasteiger partial charge in [0.05, 0.1) is 0 Å². The Bertz CT molecular complexity index is 216. The van der Waals surface area contributed by atoms with Gasteiger partial charge in [-0.2, -0.15) is 0 Å². The van der Waals surface area contributed by atoms with Gasteiger partial charge in [0.2, 0.25) is 0 Å². The Morgan fingerprint density at radius 3 is 2.62 bits per heavy atom. The molecule has 1 rings (SSSR count). The summed E-state index contributed by atoms with van der Waals surface area (Å²) in [5.74, 6) is 0. The lowest BCUT2D eigenvalue weighted by molar-refractivity contribution is 0.761. The highest BCUT2D eigenvalue weighted by Crippen LogP contribution is 2.02. The van der Waals surface area contributed by atoms with Crippen LogP contribution in [-0.2, 0) is 0 Å². The number of allylic oxidation sites excluding steroid dienone is 8. The SMILES string of the molecule is [C]1=CC=CCC=CCCCCC=C1. The maximum Gasteiger partial charge on any atom is -0.0166 e. The van der Waals surface area contributed by atoms with Crippen molar-refractivity contribution in [2.24, 2.45) is 0 Å². The third-order valence-corrected chi connectivity index (χ3v) is 1.97. The fourth-order valence-corrected chi connectivity index (χ4v) is 1.23. The van der Waals surface area contributed by atoms with E-state index in [1.165, 1.54) is 25.7 Å². The molecule has 0 fully saturated rings. The zero-order valence-corrected chi connectivity index (χ0v) is 8.08. The van der Waals surface area contributed by atoms with Crippen LogP contribution in [0.5, 0.6) is 0 Å². The van der Waals surface area contributed by atoms with Crippen molar-refractivity contribution in [3.05, 3.63) is 48.6 Å². The van der Waals surface area contributed by atoms with Crippen LogP contribution in [0, 0.1) is 6.08 Å². The van der Waals surface area contributed by atoms with Crippen LogP contribution >= 0.6 is 0 Å². The van der Waals surface area contributed by atoms with Crippen LogP contribution in [0.25, 0.3) is 0 Å². The lowest BCUT2D eigenvalue weighted by atomic mass is 10.2. The van der Waals surface area contributed by atoms with Gasteiger partial charge in [0, 0.05) is 0 Å². The van der Waals surface area contributed by atoms with E-state index in [-0.39, 0.29) is 0 Å². The highest BCUT2D eigenvalue weighted by molar-refractivity contribution is 5.07. The number of rotatable bonds is 0. The van der Waals surface area contributed by atoms with Crippen molar-refractivity contribution in [2.45, 2.75) is 32.1 Å². The minimum atomic E-state index is 1.04. The molecule has 0 nitrogen and oxygen atoms in total. The van der Waals surface area contributed by atoms with Gasteiger partial charge in [-0.3, -0.25) is 0 Å². The summed E-state index contributed by atoms with van der Waals surface area (Å²) in [6.45, 7) is 0. The highest BCUT2D eigenvalue weighted by Gasteiger charge is 1.83. The summed E-state index contributed by atoms with van der Waals surface area (Å²) >= 11 is 0. The summed E-state index contributed by atoms with van der Waals surface area (Å²) in [6, 6.07) is 0. The van der Waals surface area contributed by atoms with Crippen molar-refractivity contribution < 1.29 is 0 Å². The molecule has 0 aromatic carbocycles.